The van der Waals surface area contributed by atoms with Crippen molar-refractivity contribution in [2.45, 2.75) is 254 Å². The van der Waals surface area contributed by atoms with E-state index in [1.165, 1.54) is 6.42 Å². The Bertz CT molecular complexity index is 900. The van der Waals surface area contributed by atoms with Crippen LogP contribution in [0.1, 0.15) is 221 Å². The Labute approximate surface area is 354 Å². The van der Waals surface area contributed by atoms with Crippen molar-refractivity contribution in [3.63, 3.8) is 0 Å². The number of aliphatic imine (C=N–C) groups is 1. The molecule has 0 radical (unpaired) electrons. The number of ether oxygens (including phenoxy) is 4. The Hall–Kier alpha value is -1.21. The van der Waals surface area contributed by atoms with Crippen molar-refractivity contribution in [3.8, 4) is 0 Å². The maximum absolute atomic E-state index is 5.50. The molecule has 0 saturated carbocycles. The average molecular weight is 799 g/mol. The summed E-state index contributed by atoms with van der Waals surface area (Å²) in [6.07, 6.45) is 13.1. The topological polar surface area (TPSA) is 61.3 Å². The molecule has 0 bridgehead atoms. The van der Waals surface area contributed by atoms with Gasteiger partial charge in [0.05, 0.1) is 41.2 Å². The molecule has 0 amide bonds. The molecular weight excluding hydrogens is 693 g/mol. The summed E-state index contributed by atoms with van der Waals surface area (Å²) in [6, 6.07) is 0. The van der Waals surface area contributed by atoms with Crippen LogP contribution in [0.4, 0.5) is 0 Å². The summed E-state index contributed by atoms with van der Waals surface area (Å²) in [5, 5.41) is 3.30. The van der Waals surface area contributed by atoms with Crippen LogP contribution in [0.5, 0.6) is 0 Å². The summed E-state index contributed by atoms with van der Waals surface area (Å²) in [5.41, 5.74) is 1.37. The van der Waals surface area contributed by atoms with Crippen LogP contribution in [0.3, 0.4) is 0 Å². The van der Waals surface area contributed by atoms with Crippen LogP contribution in [0, 0.1) is 21.7 Å². The van der Waals surface area contributed by atoms with Crippen LogP contribution in [0.2, 0.25) is 0 Å². The molecule has 0 fully saturated rings. The van der Waals surface area contributed by atoms with Crippen LogP contribution >= 0.6 is 0 Å². The Kier molecular flexibility index (Phi) is 30.6. The second kappa shape index (κ2) is 26.8. The molecule has 0 spiro atoms. The highest BCUT2D eigenvalue weighted by Gasteiger charge is 2.15. The third kappa shape index (κ3) is 89.4. The lowest BCUT2D eigenvalue weighted by molar-refractivity contribution is -0.163. The van der Waals surface area contributed by atoms with Crippen LogP contribution < -0.4 is 5.32 Å². The van der Waals surface area contributed by atoms with Crippen molar-refractivity contribution in [1.29, 1.82) is 0 Å². The third-order valence-electron chi connectivity index (χ3n) is 5.77. The van der Waals surface area contributed by atoms with E-state index < -0.39 is 0 Å². The molecule has 0 saturated heterocycles. The van der Waals surface area contributed by atoms with Crippen molar-refractivity contribution in [2.75, 3.05) is 20.0 Å². The first-order valence-corrected chi connectivity index (χ1v) is 21.3. The minimum atomic E-state index is -0.106. The molecule has 0 aliphatic heterocycles. The van der Waals surface area contributed by atoms with Crippen LogP contribution in [0.25, 0.3) is 0 Å². The highest BCUT2D eigenvalue weighted by atomic mass is 16.7. The summed E-state index contributed by atoms with van der Waals surface area (Å²) >= 11 is 0. The van der Waals surface area contributed by atoms with Crippen LogP contribution in [-0.2, 0) is 18.9 Å². The number of nitrogens with zero attached hydrogens (tertiary/aromatic N) is 1. The van der Waals surface area contributed by atoms with E-state index in [0.717, 1.165) is 6.42 Å². The molecule has 6 heteroatoms. The molecule has 340 valence electrons. The van der Waals surface area contributed by atoms with Crippen molar-refractivity contribution < 1.29 is 18.9 Å². The average Bonchev–Trinajstić information content (AvgIpc) is 2.80. The van der Waals surface area contributed by atoms with Gasteiger partial charge in [-0.25, -0.2) is 0 Å². The second-order valence-electron chi connectivity index (χ2n) is 25.4. The first-order valence-electron chi connectivity index (χ1n) is 21.3. The van der Waals surface area contributed by atoms with Gasteiger partial charge in [0.1, 0.15) is 6.79 Å². The molecule has 0 atom stereocenters. The Morgan fingerprint density at radius 1 is 0.411 bits per heavy atom. The van der Waals surface area contributed by atoms with Crippen molar-refractivity contribution in [3.05, 3.63) is 24.4 Å². The lowest BCUT2D eigenvalue weighted by Gasteiger charge is -2.24. The summed E-state index contributed by atoms with van der Waals surface area (Å²) in [4.78, 5) is 4.42. The smallest absolute Gasteiger partial charge is 0.148 e. The molecular formula is C50H106N2O4. The third-order valence-corrected chi connectivity index (χ3v) is 5.77. The van der Waals surface area contributed by atoms with Gasteiger partial charge in [-0.05, 0) is 172 Å². The maximum Gasteiger partial charge on any atom is 0.148 e. The minimum Gasteiger partial charge on any atom is -0.387 e. The molecule has 0 heterocycles. The molecule has 0 aliphatic carbocycles. The van der Waals surface area contributed by atoms with Crippen LogP contribution in [-0.4, -0.2) is 59.7 Å². The molecule has 0 aromatic rings. The first kappa shape index (κ1) is 63.9. The molecule has 0 rings (SSSR count). The fraction of sp³-hybridized carbons (Fsp3) is 0.900. The van der Waals surface area contributed by atoms with Gasteiger partial charge < -0.3 is 24.3 Å². The van der Waals surface area contributed by atoms with E-state index in [1.807, 2.05) is 95.5 Å². The molecule has 0 aromatic heterocycles. The van der Waals surface area contributed by atoms with Gasteiger partial charge in [0.15, 0.2) is 0 Å². The zero-order chi connectivity index (χ0) is 46.3. The monoisotopic (exact) mass is 799 g/mol. The Morgan fingerprint density at radius 3 is 0.964 bits per heavy atom. The lowest BCUT2D eigenvalue weighted by atomic mass is 9.89. The summed E-state index contributed by atoms with van der Waals surface area (Å²) in [6.45, 7) is 65.6. The molecule has 1 N–H and O–H groups in total. The second-order valence-corrected chi connectivity index (χ2v) is 25.4. The minimum absolute atomic E-state index is 0.0543. The van der Waals surface area contributed by atoms with E-state index in [2.05, 4.69) is 153 Å². The Balaban J connectivity index is -0.000000194. The largest absolute Gasteiger partial charge is 0.387 e. The highest BCUT2D eigenvalue weighted by Crippen LogP contribution is 2.22. The SMILES string of the molecule is CC(C)(C)/C=C\CC(C)(C)C.CC(C)(C)/C=C\NC(C)(C)C.CC(C)(C)CC=NC(C)(C)C.CC(C)(C)OCCOC(C)(C)C.CC(C)(C)OCOC(C)(C)C. The highest BCUT2D eigenvalue weighted by molar-refractivity contribution is 5.58. The molecule has 0 aliphatic rings. The molecule has 0 unspecified atom stereocenters. The first-order chi connectivity index (χ1) is 24.0. The summed E-state index contributed by atoms with van der Waals surface area (Å²) in [7, 11) is 0. The van der Waals surface area contributed by atoms with Crippen LogP contribution in [0.15, 0.2) is 29.4 Å². The summed E-state index contributed by atoms with van der Waals surface area (Å²) in [5.74, 6) is 0. The standard InChI is InChI=1S/C11H22.2C10H21N.C10H22O2.C9H20O2/c1-10(2,3)8-7-9-11(4,5)6;2*1-9(2,3)7-8-11-10(4,5)6;1-9(2,3)11-7-8-12-10(4,5)6;1-8(2,3)10-7-11-9(4,5)6/h7-8H,9H2,1-6H3;8H,7H2,1-6H3;7-8,11H,1-6H3;7-8H2,1-6H3;7H2,1-6H3/b8-7-;;8-7-;;. The fourth-order valence-electron chi connectivity index (χ4n) is 2.98. The van der Waals surface area contributed by atoms with Gasteiger partial charge >= 0.3 is 0 Å². The van der Waals surface area contributed by atoms with E-state index in [1.54, 1.807) is 0 Å². The predicted octanol–water partition coefficient (Wildman–Crippen LogP) is 15.4. The number of nitrogens with one attached hydrogen (secondary N) is 1. The summed E-state index contributed by atoms with van der Waals surface area (Å²) < 4.78 is 21.8. The van der Waals surface area contributed by atoms with Gasteiger partial charge in [0.25, 0.3) is 0 Å². The van der Waals surface area contributed by atoms with Gasteiger partial charge in [-0.3, -0.25) is 4.99 Å². The van der Waals surface area contributed by atoms with E-state index >= 15 is 0 Å². The lowest BCUT2D eigenvalue weighted by Crippen LogP contribution is -2.31. The van der Waals surface area contributed by atoms with Crippen molar-refractivity contribution in [2.24, 2.45) is 26.7 Å². The number of hydrogen-bond acceptors (Lipinski definition) is 6. The van der Waals surface area contributed by atoms with Gasteiger partial charge in [0, 0.05) is 5.54 Å². The number of allylic oxidation sites excluding steroid dienone is 3. The van der Waals surface area contributed by atoms with E-state index in [4.69, 9.17) is 18.9 Å². The van der Waals surface area contributed by atoms with E-state index in [-0.39, 0.29) is 38.9 Å². The number of rotatable bonds is 8. The fourth-order valence-corrected chi connectivity index (χ4v) is 2.98. The normalized spacial score (nSPS) is 14.0. The zero-order valence-corrected chi connectivity index (χ0v) is 44.0. The zero-order valence-electron chi connectivity index (χ0n) is 44.0. The van der Waals surface area contributed by atoms with Gasteiger partial charge in [-0.2, -0.15) is 0 Å². The quantitative estimate of drug-likeness (QED) is 0.115. The van der Waals surface area contributed by atoms with Gasteiger partial charge in [0.2, 0.25) is 0 Å². The van der Waals surface area contributed by atoms with Crippen molar-refractivity contribution in [1.82, 2.24) is 5.32 Å². The predicted molar refractivity (Wildman–Crippen MR) is 254 cm³/mol. The van der Waals surface area contributed by atoms with Crippen molar-refractivity contribution >= 4 is 6.21 Å². The van der Waals surface area contributed by atoms with Gasteiger partial charge in [-0.1, -0.05) is 101 Å². The molecule has 56 heavy (non-hydrogen) atoms. The Morgan fingerprint density at radius 2 is 0.732 bits per heavy atom. The van der Waals surface area contributed by atoms with E-state index in [0.29, 0.717) is 36.3 Å². The van der Waals surface area contributed by atoms with E-state index in [9.17, 15) is 0 Å². The maximum atomic E-state index is 5.50. The van der Waals surface area contributed by atoms with Gasteiger partial charge in [-0.15, -0.1) is 0 Å². The number of hydrogen-bond donors (Lipinski definition) is 1. The molecule has 0 aromatic carbocycles. The molecule has 6 nitrogen and oxygen atoms in total.